The molecule has 2 bridgehead atoms. The Balaban J connectivity index is 0.000000303. The first-order chi connectivity index (χ1) is 9.84. The zero-order valence-electron chi connectivity index (χ0n) is 11.0. The maximum Gasteiger partial charge on any atom is 0.490 e. The average molecular weight is 340 g/mol. The molecule has 6 nitrogen and oxygen atoms in total. The van der Waals surface area contributed by atoms with Crippen molar-refractivity contribution < 1.29 is 46.1 Å². The summed E-state index contributed by atoms with van der Waals surface area (Å²) in [5.41, 5.74) is 0. The van der Waals surface area contributed by atoms with Crippen LogP contribution in [0.1, 0.15) is 12.8 Å². The van der Waals surface area contributed by atoms with Crippen molar-refractivity contribution in [3.05, 3.63) is 0 Å². The van der Waals surface area contributed by atoms with Crippen LogP contribution in [0, 0.1) is 0 Å². The molecule has 2 unspecified atom stereocenters. The van der Waals surface area contributed by atoms with Crippen LogP contribution in [0.15, 0.2) is 0 Å². The fourth-order valence-corrected chi connectivity index (χ4v) is 1.66. The molecule has 130 valence electrons. The fourth-order valence-electron chi connectivity index (χ4n) is 1.66. The molecule has 12 heteroatoms. The SMILES string of the molecule is C1CC2CNCC1N2.O=C(O)C(F)(F)F.O=C(O)C(F)(F)F. The Kier molecular flexibility index (Phi) is 7.59. The van der Waals surface area contributed by atoms with Gasteiger partial charge in [-0.05, 0) is 12.8 Å². The van der Waals surface area contributed by atoms with E-state index in [1.54, 1.807) is 0 Å². The molecule has 0 aromatic heterocycles. The van der Waals surface area contributed by atoms with Gasteiger partial charge in [-0.15, -0.1) is 0 Å². The Morgan fingerprint density at radius 1 is 0.818 bits per heavy atom. The molecule has 0 amide bonds. The van der Waals surface area contributed by atoms with Crippen LogP contribution in [-0.4, -0.2) is 59.7 Å². The van der Waals surface area contributed by atoms with Crippen molar-refractivity contribution in [3.8, 4) is 0 Å². The van der Waals surface area contributed by atoms with E-state index in [4.69, 9.17) is 19.8 Å². The van der Waals surface area contributed by atoms with Gasteiger partial charge in [0.15, 0.2) is 0 Å². The number of carboxylic acid groups (broad SMARTS) is 2. The smallest absolute Gasteiger partial charge is 0.475 e. The van der Waals surface area contributed by atoms with Crippen LogP contribution in [0.5, 0.6) is 0 Å². The molecule has 2 heterocycles. The van der Waals surface area contributed by atoms with Gasteiger partial charge < -0.3 is 20.8 Å². The number of halogens is 6. The predicted molar refractivity (Wildman–Crippen MR) is 60.2 cm³/mol. The number of hydrogen-bond donors (Lipinski definition) is 4. The average Bonchev–Trinajstić information content (AvgIpc) is 2.67. The highest BCUT2D eigenvalue weighted by Gasteiger charge is 2.38. The molecule has 0 aromatic carbocycles. The maximum atomic E-state index is 10.6. The zero-order valence-corrected chi connectivity index (χ0v) is 11.0. The topological polar surface area (TPSA) is 98.7 Å². The summed E-state index contributed by atoms with van der Waals surface area (Å²) in [6.45, 7) is 2.38. The molecular weight excluding hydrogens is 326 g/mol. The molecule has 2 fully saturated rings. The summed E-state index contributed by atoms with van der Waals surface area (Å²) >= 11 is 0. The number of rotatable bonds is 0. The lowest BCUT2D eigenvalue weighted by Crippen LogP contribution is -2.48. The maximum absolute atomic E-state index is 10.6. The third-order valence-electron chi connectivity index (χ3n) is 2.60. The lowest BCUT2D eigenvalue weighted by atomic mass is 10.2. The van der Waals surface area contributed by atoms with Gasteiger partial charge in [0.2, 0.25) is 0 Å². The first-order valence-corrected chi connectivity index (χ1v) is 5.91. The molecule has 4 N–H and O–H groups in total. The third kappa shape index (κ3) is 8.67. The largest absolute Gasteiger partial charge is 0.490 e. The van der Waals surface area contributed by atoms with Crippen molar-refractivity contribution >= 4 is 11.9 Å². The molecule has 0 saturated carbocycles. The van der Waals surface area contributed by atoms with E-state index in [1.165, 1.54) is 25.9 Å². The summed E-state index contributed by atoms with van der Waals surface area (Å²) in [6, 6.07) is 1.60. The van der Waals surface area contributed by atoms with E-state index >= 15 is 0 Å². The van der Waals surface area contributed by atoms with E-state index in [-0.39, 0.29) is 0 Å². The molecule has 0 radical (unpaired) electrons. The lowest BCUT2D eigenvalue weighted by Gasteiger charge is -2.21. The number of aliphatic carboxylic acids is 2. The van der Waals surface area contributed by atoms with E-state index in [0.29, 0.717) is 0 Å². The van der Waals surface area contributed by atoms with Gasteiger partial charge in [0, 0.05) is 25.2 Å². The number of hydrogen-bond acceptors (Lipinski definition) is 4. The van der Waals surface area contributed by atoms with Gasteiger partial charge in [-0.3, -0.25) is 0 Å². The molecular formula is C10H14F6N2O4. The molecule has 2 aliphatic heterocycles. The molecule has 2 saturated heterocycles. The van der Waals surface area contributed by atoms with Gasteiger partial charge in [0.1, 0.15) is 0 Å². The molecule has 22 heavy (non-hydrogen) atoms. The summed E-state index contributed by atoms with van der Waals surface area (Å²) < 4.78 is 63.5. The minimum absolute atomic E-state index is 0.800. The predicted octanol–water partition coefficient (Wildman–Crippen LogP) is 0.977. The second-order valence-electron chi connectivity index (χ2n) is 4.40. The second kappa shape index (κ2) is 8.17. The number of piperazine rings is 1. The van der Waals surface area contributed by atoms with Crippen molar-refractivity contribution in [2.45, 2.75) is 37.3 Å². The Labute approximate surface area is 120 Å². The first kappa shape index (κ1) is 20.4. The first-order valence-electron chi connectivity index (χ1n) is 5.91. The lowest BCUT2D eigenvalue weighted by molar-refractivity contribution is -0.193. The Morgan fingerprint density at radius 2 is 1.09 bits per heavy atom. The Hall–Kier alpha value is -1.56. The highest BCUT2D eigenvalue weighted by Crippen LogP contribution is 2.14. The molecule has 0 spiro atoms. The van der Waals surface area contributed by atoms with E-state index in [9.17, 15) is 26.3 Å². The van der Waals surface area contributed by atoms with Crippen LogP contribution >= 0.6 is 0 Å². The molecule has 0 aliphatic carbocycles. The van der Waals surface area contributed by atoms with Crippen LogP contribution in [-0.2, 0) is 9.59 Å². The van der Waals surface area contributed by atoms with Crippen LogP contribution in [0.4, 0.5) is 26.3 Å². The third-order valence-corrected chi connectivity index (χ3v) is 2.60. The van der Waals surface area contributed by atoms with Crippen LogP contribution in [0.25, 0.3) is 0 Å². The van der Waals surface area contributed by atoms with Crippen LogP contribution < -0.4 is 10.6 Å². The van der Waals surface area contributed by atoms with Crippen molar-refractivity contribution in [2.75, 3.05) is 13.1 Å². The summed E-state index contributed by atoms with van der Waals surface area (Å²) in [4.78, 5) is 17.8. The van der Waals surface area contributed by atoms with Crippen molar-refractivity contribution in [2.24, 2.45) is 0 Å². The monoisotopic (exact) mass is 340 g/mol. The summed E-state index contributed by atoms with van der Waals surface area (Å²) in [5, 5.41) is 21.2. The normalized spacial score (nSPS) is 23.5. The standard InChI is InChI=1S/C6H12N2.2C2HF3O2/c1-2-6-4-7-3-5(1)8-6;2*3-2(4,5)1(6)7/h5-8H,1-4H2;2*(H,6,7). The Bertz CT molecular complexity index is 347. The molecule has 2 atom stereocenters. The zero-order chi connectivity index (χ0) is 17.6. The van der Waals surface area contributed by atoms with Gasteiger partial charge in [0.25, 0.3) is 0 Å². The molecule has 0 aromatic rings. The summed E-state index contributed by atoms with van der Waals surface area (Å²) in [6.07, 6.45) is -7.39. The molecule has 2 rings (SSSR count). The summed E-state index contributed by atoms with van der Waals surface area (Å²) in [7, 11) is 0. The number of nitrogens with one attached hydrogen (secondary N) is 2. The number of carboxylic acids is 2. The molecule has 2 aliphatic rings. The quantitative estimate of drug-likeness (QED) is 0.491. The van der Waals surface area contributed by atoms with E-state index in [1.807, 2.05) is 0 Å². The highest BCUT2D eigenvalue weighted by atomic mass is 19.4. The van der Waals surface area contributed by atoms with E-state index in [0.717, 1.165) is 12.1 Å². The van der Waals surface area contributed by atoms with Gasteiger partial charge >= 0.3 is 24.3 Å². The highest BCUT2D eigenvalue weighted by molar-refractivity contribution is 5.73. The van der Waals surface area contributed by atoms with Crippen LogP contribution in [0.3, 0.4) is 0 Å². The summed E-state index contributed by atoms with van der Waals surface area (Å²) in [5.74, 6) is -5.51. The van der Waals surface area contributed by atoms with E-state index in [2.05, 4.69) is 10.6 Å². The fraction of sp³-hybridized carbons (Fsp3) is 0.800. The minimum atomic E-state index is -5.08. The van der Waals surface area contributed by atoms with Gasteiger partial charge in [-0.25, -0.2) is 9.59 Å². The Morgan fingerprint density at radius 3 is 1.27 bits per heavy atom. The van der Waals surface area contributed by atoms with E-state index < -0.39 is 24.3 Å². The van der Waals surface area contributed by atoms with Gasteiger partial charge in [-0.1, -0.05) is 0 Å². The minimum Gasteiger partial charge on any atom is -0.475 e. The van der Waals surface area contributed by atoms with Crippen molar-refractivity contribution in [1.29, 1.82) is 0 Å². The number of carbonyl (C=O) groups is 2. The number of alkyl halides is 6. The van der Waals surface area contributed by atoms with Crippen molar-refractivity contribution in [3.63, 3.8) is 0 Å². The van der Waals surface area contributed by atoms with Gasteiger partial charge in [0.05, 0.1) is 0 Å². The number of fused-ring (bicyclic) bond motifs is 2. The second-order valence-corrected chi connectivity index (χ2v) is 4.40. The van der Waals surface area contributed by atoms with Gasteiger partial charge in [-0.2, -0.15) is 26.3 Å². The van der Waals surface area contributed by atoms with Crippen LogP contribution in [0.2, 0.25) is 0 Å². The van der Waals surface area contributed by atoms with Crippen molar-refractivity contribution in [1.82, 2.24) is 10.6 Å².